The van der Waals surface area contributed by atoms with Gasteiger partial charge in [-0.3, -0.25) is 9.59 Å². The fraction of sp³-hybridized carbons (Fsp3) is 0.333. The van der Waals surface area contributed by atoms with E-state index >= 15 is 0 Å². The van der Waals surface area contributed by atoms with Gasteiger partial charge in [0.25, 0.3) is 5.91 Å². The number of amides is 2. The Morgan fingerprint density at radius 1 is 1.56 bits per heavy atom. The molecule has 1 aliphatic rings. The second kappa shape index (κ2) is 4.62. The third-order valence-corrected chi connectivity index (χ3v) is 3.83. The molecule has 3 N–H and O–H groups in total. The first kappa shape index (κ1) is 12.9. The molecule has 0 bridgehead atoms. The lowest BCUT2D eigenvalue weighted by Crippen LogP contribution is -2.47. The molecule has 5 nitrogen and oxygen atoms in total. The van der Waals surface area contributed by atoms with Crippen LogP contribution in [0.5, 0.6) is 0 Å². The number of fused-ring (bicyclic) bond motifs is 1. The molecule has 2 unspecified atom stereocenters. The van der Waals surface area contributed by atoms with E-state index in [9.17, 15) is 14.7 Å². The van der Waals surface area contributed by atoms with E-state index in [2.05, 4.69) is 0 Å². The van der Waals surface area contributed by atoms with Crippen LogP contribution in [0.3, 0.4) is 0 Å². The number of hydrogen-bond donors (Lipinski definition) is 2. The van der Waals surface area contributed by atoms with E-state index in [1.165, 1.54) is 18.7 Å². The van der Waals surface area contributed by atoms with Gasteiger partial charge in [-0.2, -0.15) is 0 Å². The Kier molecular flexibility index (Phi) is 3.32. The van der Waals surface area contributed by atoms with Gasteiger partial charge in [0, 0.05) is 10.6 Å². The average Bonchev–Trinajstić information content (AvgIpc) is 2.31. The molecule has 96 valence electrons. The van der Waals surface area contributed by atoms with Crippen LogP contribution in [0.15, 0.2) is 23.1 Å². The van der Waals surface area contributed by atoms with Crippen molar-refractivity contribution in [1.82, 2.24) is 0 Å². The molecular weight excluding hydrogens is 252 g/mol. The Morgan fingerprint density at radius 2 is 2.22 bits per heavy atom. The molecule has 0 saturated heterocycles. The third kappa shape index (κ3) is 2.09. The van der Waals surface area contributed by atoms with Gasteiger partial charge in [0.15, 0.2) is 0 Å². The number of anilines is 2. The number of hydrogen-bond acceptors (Lipinski definition) is 5. The summed E-state index contributed by atoms with van der Waals surface area (Å²) in [5.41, 5.74) is 6.60. The van der Waals surface area contributed by atoms with Crippen molar-refractivity contribution in [3.63, 3.8) is 0 Å². The number of thioether (sulfide) groups is 1. The average molecular weight is 266 g/mol. The number of benzene rings is 1. The lowest BCUT2D eigenvalue weighted by atomic mass is 10.2. The van der Waals surface area contributed by atoms with Crippen molar-refractivity contribution in [3.05, 3.63) is 18.2 Å². The minimum atomic E-state index is -1.22. The fourth-order valence-corrected chi connectivity index (χ4v) is 2.77. The number of aliphatic hydroxyl groups is 1. The summed E-state index contributed by atoms with van der Waals surface area (Å²) < 4.78 is 0. The Balaban J connectivity index is 2.54. The molecule has 18 heavy (non-hydrogen) atoms. The van der Waals surface area contributed by atoms with Crippen molar-refractivity contribution in [2.75, 3.05) is 10.6 Å². The van der Waals surface area contributed by atoms with Crippen LogP contribution in [0, 0.1) is 0 Å². The number of nitrogen functional groups attached to an aromatic ring is 1. The van der Waals surface area contributed by atoms with Gasteiger partial charge in [0.05, 0.1) is 10.9 Å². The molecule has 0 spiro atoms. The van der Waals surface area contributed by atoms with Crippen molar-refractivity contribution in [1.29, 1.82) is 0 Å². The van der Waals surface area contributed by atoms with Crippen molar-refractivity contribution < 1.29 is 14.7 Å². The van der Waals surface area contributed by atoms with Crippen molar-refractivity contribution in [3.8, 4) is 0 Å². The predicted octanol–water partition coefficient (Wildman–Crippen LogP) is 1.00. The summed E-state index contributed by atoms with van der Waals surface area (Å²) in [4.78, 5) is 25.8. The van der Waals surface area contributed by atoms with Crippen LogP contribution in [-0.2, 0) is 9.59 Å². The number of imide groups is 1. The van der Waals surface area contributed by atoms with Gasteiger partial charge in [-0.25, -0.2) is 4.90 Å². The molecule has 2 rings (SSSR count). The molecule has 0 radical (unpaired) electrons. The van der Waals surface area contributed by atoms with Gasteiger partial charge in [-0.05, 0) is 32.0 Å². The smallest absolute Gasteiger partial charge is 0.262 e. The van der Waals surface area contributed by atoms with Gasteiger partial charge in [0.2, 0.25) is 5.91 Å². The van der Waals surface area contributed by atoms with E-state index in [1.54, 1.807) is 25.1 Å². The molecule has 1 heterocycles. The van der Waals surface area contributed by atoms with Crippen LogP contribution >= 0.6 is 11.8 Å². The van der Waals surface area contributed by atoms with E-state index in [4.69, 9.17) is 5.73 Å². The normalized spacial score (nSPS) is 20.5. The largest absolute Gasteiger partial charge is 0.399 e. The molecule has 0 aliphatic carbocycles. The highest BCUT2D eigenvalue weighted by Crippen LogP contribution is 2.40. The van der Waals surface area contributed by atoms with Crippen LogP contribution in [-0.4, -0.2) is 28.3 Å². The van der Waals surface area contributed by atoms with Gasteiger partial charge in [-0.15, -0.1) is 11.8 Å². The standard InChI is InChI=1S/C12H14N2O3S/c1-6(15)11(16)14-9-5-8(13)3-4-10(9)18-7(2)12(14)17/h3-7,15H,13H2,1-2H3. The zero-order chi connectivity index (χ0) is 13.4. The molecule has 0 fully saturated rings. The van der Waals surface area contributed by atoms with Gasteiger partial charge >= 0.3 is 0 Å². The zero-order valence-corrected chi connectivity index (χ0v) is 10.9. The summed E-state index contributed by atoms with van der Waals surface area (Å²) in [6.45, 7) is 3.07. The number of nitrogens with zero attached hydrogens (tertiary/aromatic N) is 1. The highest BCUT2D eigenvalue weighted by Gasteiger charge is 2.36. The first-order valence-corrected chi connectivity index (χ1v) is 6.42. The molecule has 1 aromatic rings. The van der Waals surface area contributed by atoms with E-state index in [1.807, 2.05) is 0 Å². The van der Waals surface area contributed by atoms with E-state index in [-0.39, 0.29) is 11.2 Å². The number of carbonyl (C=O) groups excluding carboxylic acids is 2. The van der Waals surface area contributed by atoms with E-state index in [0.717, 1.165) is 9.80 Å². The topological polar surface area (TPSA) is 83.6 Å². The van der Waals surface area contributed by atoms with Crippen LogP contribution in [0.4, 0.5) is 11.4 Å². The van der Waals surface area contributed by atoms with Crippen LogP contribution in [0.1, 0.15) is 13.8 Å². The predicted molar refractivity (Wildman–Crippen MR) is 70.3 cm³/mol. The molecular formula is C12H14N2O3S. The fourth-order valence-electron chi connectivity index (χ4n) is 1.76. The number of carbonyl (C=O) groups is 2. The van der Waals surface area contributed by atoms with E-state index < -0.39 is 12.0 Å². The molecule has 0 aromatic heterocycles. The summed E-state index contributed by atoms with van der Waals surface area (Å²) in [6, 6.07) is 5.08. The number of aliphatic hydroxyl groups excluding tert-OH is 1. The Morgan fingerprint density at radius 3 is 2.83 bits per heavy atom. The van der Waals surface area contributed by atoms with Crippen molar-refractivity contribution in [2.45, 2.75) is 30.1 Å². The molecule has 1 aromatic carbocycles. The third-order valence-electron chi connectivity index (χ3n) is 2.67. The summed E-state index contributed by atoms with van der Waals surface area (Å²) in [5, 5.41) is 9.03. The quantitative estimate of drug-likeness (QED) is 0.741. The highest BCUT2D eigenvalue weighted by atomic mass is 32.2. The van der Waals surface area contributed by atoms with Crippen molar-refractivity contribution in [2.24, 2.45) is 0 Å². The van der Waals surface area contributed by atoms with Gasteiger partial charge in [-0.1, -0.05) is 0 Å². The Labute approximate surface area is 109 Å². The first-order valence-electron chi connectivity index (χ1n) is 5.54. The number of rotatable bonds is 1. The molecule has 1 aliphatic heterocycles. The van der Waals surface area contributed by atoms with Gasteiger partial charge in [0.1, 0.15) is 6.10 Å². The summed E-state index contributed by atoms with van der Waals surface area (Å²) in [7, 11) is 0. The molecule has 6 heteroatoms. The number of nitrogens with two attached hydrogens (primary N) is 1. The maximum atomic E-state index is 12.1. The van der Waals surface area contributed by atoms with Crippen molar-refractivity contribution >= 4 is 35.0 Å². The second-order valence-corrected chi connectivity index (χ2v) is 5.56. The van der Waals surface area contributed by atoms with Crippen LogP contribution in [0.2, 0.25) is 0 Å². The van der Waals surface area contributed by atoms with Crippen LogP contribution < -0.4 is 10.6 Å². The van der Waals surface area contributed by atoms with Gasteiger partial charge < -0.3 is 10.8 Å². The Hall–Kier alpha value is -1.53. The minimum absolute atomic E-state index is 0.330. The Bertz CT molecular complexity index is 516. The zero-order valence-electron chi connectivity index (χ0n) is 10.1. The lowest BCUT2D eigenvalue weighted by molar-refractivity contribution is -0.131. The van der Waals surface area contributed by atoms with Crippen LogP contribution in [0.25, 0.3) is 0 Å². The summed E-state index contributed by atoms with van der Waals surface area (Å²) in [5.74, 6) is -0.956. The SMILES string of the molecule is CC(O)C(=O)N1C(=O)C(C)Sc2ccc(N)cc21. The summed E-state index contributed by atoms with van der Waals surface area (Å²) in [6.07, 6.45) is -1.22. The molecule has 2 atom stereocenters. The molecule has 0 saturated carbocycles. The lowest BCUT2D eigenvalue weighted by Gasteiger charge is -2.31. The molecule has 2 amide bonds. The second-order valence-electron chi connectivity index (χ2n) is 4.18. The minimum Gasteiger partial charge on any atom is -0.399 e. The summed E-state index contributed by atoms with van der Waals surface area (Å²) >= 11 is 1.38. The maximum Gasteiger partial charge on any atom is 0.262 e. The van der Waals surface area contributed by atoms with E-state index in [0.29, 0.717) is 11.4 Å². The first-order chi connectivity index (χ1) is 8.41. The maximum absolute atomic E-state index is 12.1. The highest BCUT2D eigenvalue weighted by molar-refractivity contribution is 8.01. The monoisotopic (exact) mass is 266 g/mol.